The van der Waals surface area contributed by atoms with Crippen LogP contribution in [0.15, 0.2) is 42.9 Å². The molecule has 2 aliphatic rings. The molecule has 1 aromatic carbocycles. The van der Waals surface area contributed by atoms with Crippen molar-refractivity contribution >= 4 is 5.91 Å². The summed E-state index contributed by atoms with van der Waals surface area (Å²) in [5.74, 6) is 0.357. The molecule has 0 saturated carbocycles. The van der Waals surface area contributed by atoms with E-state index in [-0.39, 0.29) is 24.0 Å². The van der Waals surface area contributed by atoms with Crippen molar-refractivity contribution in [2.45, 2.75) is 25.2 Å². The van der Waals surface area contributed by atoms with Crippen molar-refractivity contribution in [1.82, 2.24) is 19.4 Å². The van der Waals surface area contributed by atoms with Crippen LogP contribution in [0.3, 0.4) is 0 Å². The lowest BCUT2D eigenvalue weighted by molar-refractivity contribution is -0.138. The Morgan fingerprint density at radius 3 is 2.68 bits per heavy atom. The van der Waals surface area contributed by atoms with E-state index in [1.54, 1.807) is 7.11 Å². The molecule has 25 heavy (non-hydrogen) atoms. The Morgan fingerprint density at radius 2 is 2.00 bits per heavy atom. The second-order valence-electron chi connectivity index (χ2n) is 7.03. The number of aromatic nitrogens is 2. The van der Waals surface area contributed by atoms with E-state index in [2.05, 4.69) is 26.6 Å². The van der Waals surface area contributed by atoms with Gasteiger partial charge in [-0.1, -0.05) is 30.3 Å². The summed E-state index contributed by atoms with van der Waals surface area (Å²) in [6.07, 6.45) is 3.41. The first-order chi connectivity index (χ1) is 12.2. The Balaban J connectivity index is 1.51. The molecule has 6 nitrogen and oxygen atoms in total. The largest absolute Gasteiger partial charge is 0.371 e. The number of imidazole rings is 1. The quantitative estimate of drug-likeness (QED) is 0.823. The number of ether oxygens (including phenoxy) is 1. The van der Waals surface area contributed by atoms with Crippen LogP contribution >= 0.6 is 0 Å². The first-order valence-electron chi connectivity index (χ1n) is 8.72. The number of rotatable bonds is 5. The molecule has 0 unspecified atom stereocenters. The van der Waals surface area contributed by atoms with E-state index in [0.29, 0.717) is 6.54 Å². The molecule has 6 heteroatoms. The van der Waals surface area contributed by atoms with Gasteiger partial charge in [-0.2, -0.15) is 0 Å². The summed E-state index contributed by atoms with van der Waals surface area (Å²) in [5.41, 5.74) is 2.35. The van der Waals surface area contributed by atoms with Gasteiger partial charge in [0.2, 0.25) is 0 Å². The number of methoxy groups -OCH3 is 1. The van der Waals surface area contributed by atoms with Crippen molar-refractivity contribution in [3.05, 3.63) is 54.1 Å². The average molecular weight is 340 g/mol. The van der Waals surface area contributed by atoms with Crippen LogP contribution in [0.1, 0.15) is 11.3 Å². The van der Waals surface area contributed by atoms with Gasteiger partial charge in [0.1, 0.15) is 6.10 Å². The van der Waals surface area contributed by atoms with E-state index in [1.807, 2.05) is 42.7 Å². The van der Waals surface area contributed by atoms with E-state index < -0.39 is 0 Å². The molecular formula is C19H24N4O2. The van der Waals surface area contributed by atoms with Crippen LogP contribution in [-0.4, -0.2) is 57.6 Å². The predicted molar refractivity (Wildman–Crippen MR) is 93.6 cm³/mol. The van der Waals surface area contributed by atoms with Gasteiger partial charge in [0.05, 0.1) is 18.1 Å². The lowest BCUT2D eigenvalue weighted by Crippen LogP contribution is -2.39. The number of carbonyl (C=O) groups excluding carboxylic acids is 1. The summed E-state index contributed by atoms with van der Waals surface area (Å²) in [7, 11) is 3.66. The third-order valence-corrected chi connectivity index (χ3v) is 5.48. The summed E-state index contributed by atoms with van der Waals surface area (Å²) in [6, 6.07) is 10.4. The van der Waals surface area contributed by atoms with Gasteiger partial charge in [0.15, 0.2) is 0 Å². The van der Waals surface area contributed by atoms with Crippen LogP contribution in [0, 0.1) is 5.92 Å². The summed E-state index contributed by atoms with van der Waals surface area (Å²) in [4.78, 5) is 21.4. The Bertz CT molecular complexity index is 745. The molecule has 2 saturated heterocycles. The normalized spacial score (nSPS) is 26.4. The van der Waals surface area contributed by atoms with Crippen LogP contribution in [0.5, 0.6) is 0 Å². The van der Waals surface area contributed by atoms with Crippen molar-refractivity contribution in [3.63, 3.8) is 0 Å². The van der Waals surface area contributed by atoms with Crippen molar-refractivity contribution in [3.8, 4) is 0 Å². The second kappa shape index (κ2) is 6.61. The Morgan fingerprint density at radius 1 is 1.20 bits per heavy atom. The SMILES string of the molecule is CO[C@@H]1C(=O)N(Cc2ccccc2)[C@@H]2CN(Cc3cncn3C)C[C@H]12. The van der Waals surface area contributed by atoms with Gasteiger partial charge in [0, 0.05) is 52.5 Å². The third kappa shape index (κ3) is 2.96. The van der Waals surface area contributed by atoms with Gasteiger partial charge in [-0.3, -0.25) is 9.69 Å². The molecule has 0 aliphatic carbocycles. The minimum Gasteiger partial charge on any atom is -0.371 e. The predicted octanol–water partition coefficient (Wildman–Crippen LogP) is 1.28. The maximum atomic E-state index is 12.8. The number of likely N-dealkylation sites (tertiary alicyclic amines) is 2. The zero-order valence-corrected chi connectivity index (χ0v) is 14.7. The zero-order chi connectivity index (χ0) is 17.4. The average Bonchev–Trinajstić information content (AvgIpc) is 3.27. The highest BCUT2D eigenvalue weighted by Crippen LogP contribution is 2.35. The second-order valence-corrected chi connectivity index (χ2v) is 7.03. The Kier molecular flexibility index (Phi) is 4.31. The van der Waals surface area contributed by atoms with E-state index in [0.717, 1.165) is 25.2 Å². The molecule has 1 aromatic heterocycles. The van der Waals surface area contributed by atoms with Crippen LogP contribution in [0.25, 0.3) is 0 Å². The highest BCUT2D eigenvalue weighted by atomic mass is 16.5. The first kappa shape index (κ1) is 16.3. The number of hydrogen-bond donors (Lipinski definition) is 0. The summed E-state index contributed by atoms with van der Waals surface area (Å²) in [6.45, 7) is 3.27. The molecule has 1 amide bonds. The number of carbonyl (C=O) groups is 1. The number of benzene rings is 1. The number of hydrogen-bond acceptors (Lipinski definition) is 4. The summed E-state index contributed by atoms with van der Waals surface area (Å²) < 4.78 is 7.63. The lowest BCUT2D eigenvalue weighted by atomic mass is 10.0. The minimum absolute atomic E-state index is 0.126. The van der Waals surface area contributed by atoms with Crippen molar-refractivity contribution in [2.24, 2.45) is 13.0 Å². The number of nitrogens with zero attached hydrogens (tertiary/aromatic N) is 4. The van der Waals surface area contributed by atoms with Gasteiger partial charge in [-0.15, -0.1) is 0 Å². The molecule has 2 aliphatic heterocycles. The van der Waals surface area contributed by atoms with E-state index in [9.17, 15) is 4.79 Å². The molecule has 0 radical (unpaired) electrons. The molecule has 2 fully saturated rings. The molecule has 0 N–H and O–H groups in total. The fourth-order valence-electron chi connectivity index (χ4n) is 4.18. The number of aryl methyl sites for hydroxylation is 1. The Hall–Kier alpha value is -2.18. The minimum atomic E-state index is -0.328. The van der Waals surface area contributed by atoms with Gasteiger partial charge >= 0.3 is 0 Å². The van der Waals surface area contributed by atoms with Gasteiger partial charge in [-0.25, -0.2) is 4.98 Å². The fraction of sp³-hybridized carbons (Fsp3) is 0.474. The van der Waals surface area contributed by atoms with Gasteiger partial charge < -0.3 is 14.2 Å². The molecule has 132 valence electrons. The fourth-order valence-corrected chi connectivity index (χ4v) is 4.18. The maximum Gasteiger partial charge on any atom is 0.252 e. The zero-order valence-electron chi connectivity index (χ0n) is 14.7. The summed E-state index contributed by atoms with van der Waals surface area (Å²) in [5, 5.41) is 0. The summed E-state index contributed by atoms with van der Waals surface area (Å²) >= 11 is 0. The third-order valence-electron chi connectivity index (χ3n) is 5.48. The van der Waals surface area contributed by atoms with E-state index in [4.69, 9.17) is 4.74 Å². The molecule has 2 aromatic rings. The Labute approximate surface area is 148 Å². The van der Waals surface area contributed by atoms with Gasteiger partial charge in [0.25, 0.3) is 5.91 Å². The topological polar surface area (TPSA) is 50.6 Å². The van der Waals surface area contributed by atoms with E-state index in [1.165, 1.54) is 5.69 Å². The maximum absolute atomic E-state index is 12.8. The number of fused-ring (bicyclic) bond motifs is 1. The smallest absolute Gasteiger partial charge is 0.252 e. The van der Waals surface area contributed by atoms with Crippen LogP contribution in [0.4, 0.5) is 0 Å². The van der Waals surface area contributed by atoms with E-state index >= 15 is 0 Å². The molecule has 3 atom stereocenters. The van der Waals surface area contributed by atoms with Crippen molar-refractivity contribution < 1.29 is 9.53 Å². The monoisotopic (exact) mass is 340 g/mol. The van der Waals surface area contributed by atoms with Crippen LogP contribution in [0.2, 0.25) is 0 Å². The van der Waals surface area contributed by atoms with Crippen molar-refractivity contribution in [2.75, 3.05) is 20.2 Å². The van der Waals surface area contributed by atoms with Crippen LogP contribution < -0.4 is 0 Å². The van der Waals surface area contributed by atoms with Crippen molar-refractivity contribution in [1.29, 1.82) is 0 Å². The first-order valence-corrected chi connectivity index (χ1v) is 8.72. The molecule has 0 spiro atoms. The standard InChI is InChI=1S/C19H24N4O2/c1-21-13-20-8-15(21)10-22-11-16-17(12-22)23(19(24)18(16)25-2)9-14-6-4-3-5-7-14/h3-8,13,16-18H,9-12H2,1-2H3/t16-,17+,18-/m0/s1. The van der Waals surface area contributed by atoms with Gasteiger partial charge in [-0.05, 0) is 5.56 Å². The highest BCUT2D eigenvalue weighted by Gasteiger charge is 2.52. The molecule has 0 bridgehead atoms. The molecular weight excluding hydrogens is 316 g/mol. The van der Waals surface area contributed by atoms with Crippen LogP contribution in [-0.2, 0) is 29.7 Å². The lowest BCUT2D eigenvalue weighted by Gasteiger charge is -2.25. The highest BCUT2D eigenvalue weighted by molar-refractivity contribution is 5.84. The number of amides is 1. The molecule has 4 rings (SSSR count). The molecule has 3 heterocycles.